The van der Waals surface area contributed by atoms with Crippen LogP contribution in [0.25, 0.3) is 22.4 Å². The topological polar surface area (TPSA) is 116 Å². The van der Waals surface area contributed by atoms with E-state index in [2.05, 4.69) is 25.6 Å². The van der Waals surface area contributed by atoms with Crippen molar-refractivity contribution in [3.05, 3.63) is 54.2 Å². The van der Waals surface area contributed by atoms with Gasteiger partial charge in [0.25, 0.3) is 0 Å². The summed E-state index contributed by atoms with van der Waals surface area (Å²) in [4.78, 5) is 20.6. The highest BCUT2D eigenvalue weighted by atomic mass is 16.5. The lowest BCUT2D eigenvalue weighted by atomic mass is 10.1. The molecule has 1 amide bonds. The van der Waals surface area contributed by atoms with Crippen LogP contribution in [-0.2, 0) is 17.8 Å². The second kappa shape index (κ2) is 7.87. The molecule has 0 aliphatic rings. The highest BCUT2D eigenvalue weighted by Gasteiger charge is 2.14. The van der Waals surface area contributed by atoms with Gasteiger partial charge < -0.3 is 19.1 Å². The number of carbonyl (C=O) groups excluding carboxylic acids is 1. The van der Waals surface area contributed by atoms with Gasteiger partial charge in [-0.15, -0.1) is 0 Å². The highest BCUT2D eigenvalue weighted by Crippen LogP contribution is 2.19. The van der Waals surface area contributed by atoms with Crippen LogP contribution in [0.1, 0.15) is 18.5 Å². The number of nitrogens with one attached hydrogen (secondary N) is 1. The molecule has 4 aromatic rings. The summed E-state index contributed by atoms with van der Waals surface area (Å²) < 4.78 is 15.7. The molecule has 0 unspecified atom stereocenters. The third-order valence-corrected chi connectivity index (χ3v) is 3.97. The fourth-order valence-electron chi connectivity index (χ4n) is 2.64. The van der Waals surface area contributed by atoms with Gasteiger partial charge >= 0.3 is 0 Å². The summed E-state index contributed by atoms with van der Waals surface area (Å²) in [5, 5.41) is 11.4. The van der Waals surface area contributed by atoms with E-state index in [0.717, 1.165) is 5.39 Å². The van der Waals surface area contributed by atoms with Crippen molar-refractivity contribution >= 4 is 16.9 Å². The minimum atomic E-state index is -0.221. The highest BCUT2D eigenvalue weighted by molar-refractivity contribution is 5.86. The maximum atomic E-state index is 12.2. The molecule has 3 heterocycles. The minimum absolute atomic E-state index is 0.0980. The van der Waals surface area contributed by atoms with Gasteiger partial charge in [0, 0.05) is 23.2 Å². The van der Waals surface area contributed by atoms with Gasteiger partial charge in [0.05, 0.1) is 19.6 Å². The summed E-state index contributed by atoms with van der Waals surface area (Å²) in [6.45, 7) is 2.55. The molecule has 9 nitrogen and oxygen atoms in total. The van der Waals surface area contributed by atoms with Crippen molar-refractivity contribution in [3.8, 4) is 17.3 Å². The molecule has 0 saturated heterocycles. The number of pyridine rings is 1. The lowest BCUT2D eigenvalue weighted by Gasteiger charge is -2.01. The van der Waals surface area contributed by atoms with Crippen LogP contribution in [0, 0.1) is 0 Å². The second-order valence-electron chi connectivity index (χ2n) is 5.91. The first kappa shape index (κ1) is 17.7. The SMILES string of the molecule is CCOc1ccc(-c2noc(CNC(=O)Cc3noc4ccccc34)n2)cn1. The molecule has 1 aromatic carbocycles. The van der Waals surface area contributed by atoms with E-state index in [9.17, 15) is 4.79 Å². The summed E-state index contributed by atoms with van der Waals surface area (Å²) in [5.41, 5.74) is 1.93. The Kier molecular flexibility index (Phi) is 4.96. The zero-order valence-electron chi connectivity index (χ0n) is 15.1. The van der Waals surface area contributed by atoms with Crippen molar-refractivity contribution < 1.29 is 18.6 Å². The Morgan fingerprint density at radius 1 is 1.14 bits per heavy atom. The molecule has 0 spiro atoms. The van der Waals surface area contributed by atoms with Gasteiger partial charge in [0.15, 0.2) is 5.58 Å². The Morgan fingerprint density at radius 2 is 2.04 bits per heavy atom. The molecule has 0 saturated carbocycles. The van der Waals surface area contributed by atoms with Crippen LogP contribution in [0.15, 0.2) is 51.6 Å². The van der Waals surface area contributed by atoms with Crippen molar-refractivity contribution in [3.63, 3.8) is 0 Å². The van der Waals surface area contributed by atoms with Gasteiger partial charge in [-0.2, -0.15) is 4.98 Å². The van der Waals surface area contributed by atoms with Crippen molar-refractivity contribution in [1.82, 2.24) is 25.6 Å². The molecule has 1 N–H and O–H groups in total. The van der Waals surface area contributed by atoms with E-state index in [-0.39, 0.29) is 18.9 Å². The number of rotatable bonds is 7. The molecular weight excluding hydrogens is 362 g/mol. The Balaban J connectivity index is 1.35. The van der Waals surface area contributed by atoms with E-state index in [1.807, 2.05) is 25.1 Å². The standard InChI is InChI=1S/C19H17N5O4/c1-2-26-17-8-7-12(10-21-17)19-22-18(28-24-19)11-20-16(25)9-14-13-5-3-4-6-15(13)27-23-14/h3-8,10H,2,9,11H2,1H3,(H,20,25). The van der Waals surface area contributed by atoms with Crippen molar-refractivity contribution in [1.29, 1.82) is 0 Å². The number of ether oxygens (including phenoxy) is 1. The Bertz CT molecular complexity index is 1090. The summed E-state index contributed by atoms with van der Waals surface area (Å²) in [6, 6.07) is 10.9. The number of fused-ring (bicyclic) bond motifs is 1. The zero-order chi connectivity index (χ0) is 19.3. The van der Waals surface area contributed by atoms with Crippen molar-refractivity contribution in [2.24, 2.45) is 0 Å². The molecule has 0 aliphatic heterocycles. The summed E-state index contributed by atoms with van der Waals surface area (Å²) >= 11 is 0. The van der Waals surface area contributed by atoms with Crippen molar-refractivity contribution in [2.75, 3.05) is 6.61 Å². The normalized spacial score (nSPS) is 10.9. The molecule has 28 heavy (non-hydrogen) atoms. The molecule has 9 heteroatoms. The van der Waals surface area contributed by atoms with Crippen LogP contribution in [0.2, 0.25) is 0 Å². The van der Waals surface area contributed by atoms with E-state index < -0.39 is 0 Å². The maximum Gasteiger partial charge on any atom is 0.246 e. The van der Waals surface area contributed by atoms with Gasteiger partial charge in [-0.05, 0) is 25.1 Å². The number of amides is 1. The van der Waals surface area contributed by atoms with Crippen LogP contribution in [0.4, 0.5) is 0 Å². The van der Waals surface area contributed by atoms with Crippen LogP contribution in [-0.4, -0.2) is 32.8 Å². The molecule has 0 radical (unpaired) electrons. The number of nitrogens with zero attached hydrogens (tertiary/aromatic N) is 4. The van der Waals surface area contributed by atoms with E-state index in [1.165, 1.54) is 0 Å². The number of para-hydroxylation sites is 1. The first-order chi connectivity index (χ1) is 13.7. The molecule has 0 atom stereocenters. The van der Waals surface area contributed by atoms with Gasteiger partial charge in [-0.1, -0.05) is 22.4 Å². The van der Waals surface area contributed by atoms with Crippen molar-refractivity contribution in [2.45, 2.75) is 19.9 Å². The minimum Gasteiger partial charge on any atom is -0.478 e. The maximum absolute atomic E-state index is 12.2. The number of benzene rings is 1. The second-order valence-corrected chi connectivity index (χ2v) is 5.91. The largest absolute Gasteiger partial charge is 0.478 e. The Hall–Kier alpha value is -3.75. The average Bonchev–Trinajstić information content (AvgIpc) is 3.35. The number of carbonyl (C=O) groups is 1. The van der Waals surface area contributed by atoms with E-state index in [0.29, 0.717) is 41.0 Å². The smallest absolute Gasteiger partial charge is 0.246 e. The molecule has 4 rings (SSSR count). The molecule has 142 valence electrons. The molecule has 0 fully saturated rings. The predicted molar refractivity (Wildman–Crippen MR) is 98.3 cm³/mol. The van der Waals surface area contributed by atoms with Crippen LogP contribution in [0.3, 0.4) is 0 Å². The zero-order valence-corrected chi connectivity index (χ0v) is 15.1. The predicted octanol–water partition coefficient (Wildman–Crippen LogP) is 2.53. The summed E-state index contributed by atoms with van der Waals surface area (Å²) in [6.07, 6.45) is 1.70. The van der Waals surface area contributed by atoms with Crippen LogP contribution in [0.5, 0.6) is 5.88 Å². The fourth-order valence-corrected chi connectivity index (χ4v) is 2.64. The van der Waals surface area contributed by atoms with Gasteiger partial charge in [-0.25, -0.2) is 4.98 Å². The summed E-state index contributed by atoms with van der Waals surface area (Å²) in [5.74, 6) is 0.994. The third-order valence-electron chi connectivity index (χ3n) is 3.97. The van der Waals surface area contributed by atoms with E-state index in [1.54, 1.807) is 24.4 Å². The number of aromatic nitrogens is 4. The molecule has 3 aromatic heterocycles. The summed E-state index contributed by atoms with van der Waals surface area (Å²) in [7, 11) is 0. The van der Waals surface area contributed by atoms with Gasteiger partial charge in [0.1, 0.15) is 5.69 Å². The molecule has 0 aliphatic carbocycles. The fraction of sp³-hybridized carbons (Fsp3) is 0.211. The Labute approximate surface area is 159 Å². The lowest BCUT2D eigenvalue weighted by Crippen LogP contribution is -2.24. The average molecular weight is 379 g/mol. The Morgan fingerprint density at radius 3 is 2.86 bits per heavy atom. The number of hydrogen-bond acceptors (Lipinski definition) is 8. The first-order valence-corrected chi connectivity index (χ1v) is 8.74. The van der Waals surface area contributed by atoms with E-state index >= 15 is 0 Å². The van der Waals surface area contributed by atoms with E-state index in [4.69, 9.17) is 13.8 Å². The first-order valence-electron chi connectivity index (χ1n) is 8.74. The van der Waals surface area contributed by atoms with Gasteiger partial charge in [-0.3, -0.25) is 4.79 Å². The third kappa shape index (κ3) is 3.83. The van der Waals surface area contributed by atoms with Crippen LogP contribution < -0.4 is 10.1 Å². The number of hydrogen-bond donors (Lipinski definition) is 1. The molecular formula is C19H17N5O4. The lowest BCUT2D eigenvalue weighted by molar-refractivity contribution is -0.120. The molecule has 0 bridgehead atoms. The quantitative estimate of drug-likeness (QED) is 0.521. The van der Waals surface area contributed by atoms with Gasteiger partial charge in [0.2, 0.25) is 23.5 Å². The monoisotopic (exact) mass is 379 g/mol. The van der Waals surface area contributed by atoms with Crippen LogP contribution >= 0.6 is 0 Å².